The topological polar surface area (TPSA) is 66.8 Å². The van der Waals surface area contributed by atoms with Crippen LogP contribution in [0.3, 0.4) is 0 Å². The van der Waals surface area contributed by atoms with Crippen LogP contribution in [0.15, 0.2) is 12.7 Å². The van der Waals surface area contributed by atoms with Gasteiger partial charge in [0.25, 0.3) is 0 Å². The van der Waals surface area contributed by atoms with E-state index in [1.165, 1.54) is 11.0 Å². The molecule has 0 radical (unpaired) electrons. The average molecular weight is 199 g/mol. The summed E-state index contributed by atoms with van der Waals surface area (Å²) in [5.74, 6) is -1.02. The maximum Gasteiger partial charge on any atom is 0.410 e. The van der Waals surface area contributed by atoms with Crippen LogP contribution in [-0.2, 0) is 9.53 Å². The van der Waals surface area contributed by atoms with Crippen molar-refractivity contribution in [2.24, 2.45) is 0 Å². The summed E-state index contributed by atoms with van der Waals surface area (Å²) in [6.45, 7) is 4.27. The van der Waals surface area contributed by atoms with Crippen molar-refractivity contribution in [3.63, 3.8) is 0 Å². The summed E-state index contributed by atoms with van der Waals surface area (Å²) in [5.41, 5.74) is 0. The molecule has 1 unspecified atom stereocenters. The van der Waals surface area contributed by atoms with E-state index in [0.717, 1.165) is 0 Å². The van der Waals surface area contributed by atoms with Crippen LogP contribution in [0.2, 0.25) is 0 Å². The van der Waals surface area contributed by atoms with E-state index < -0.39 is 18.1 Å². The van der Waals surface area contributed by atoms with Gasteiger partial charge in [-0.25, -0.2) is 9.59 Å². The van der Waals surface area contributed by atoms with Crippen LogP contribution < -0.4 is 0 Å². The fourth-order valence-corrected chi connectivity index (χ4v) is 1.37. The van der Waals surface area contributed by atoms with E-state index in [1.54, 1.807) is 0 Å². The van der Waals surface area contributed by atoms with Gasteiger partial charge in [0.15, 0.2) is 0 Å². The van der Waals surface area contributed by atoms with Gasteiger partial charge >= 0.3 is 12.1 Å². The van der Waals surface area contributed by atoms with Crippen LogP contribution in [0.1, 0.15) is 12.8 Å². The van der Waals surface area contributed by atoms with Crippen LogP contribution in [0.5, 0.6) is 0 Å². The molecule has 0 saturated carbocycles. The molecule has 1 rings (SSSR count). The second-order valence-electron chi connectivity index (χ2n) is 3.04. The lowest BCUT2D eigenvalue weighted by atomic mass is 10.1. The lowest BCUT2D eigenvalue weighted by molar-refractivity contribution is -0.143. The fraction of sp³-hybridized carbons (Fsp3) is 0.556. The summed E-state index contributed by atoms with van der Waals surface area (Å²) < 4.78 is 4.76. The Morgan fingerprint density at radius 1 is 1.79 bits per heavy atom. The maximum absolute atomic E-state index is 11.2. The van der Waals surface area contributed by atoms with E-state index in [2.05, 4.69) is 6.58 Å². The van der Waals surface area contributed by atoms with Crippen molar-refractivity contribution in [1.82, 2.24) is 4.90 Å². The Hall–Kier alpha value is -1.52. The van der Waals surface area contributed by atoms with Gasteiger partial charge in [0, 0.05) is 6.54 Å². The highest BCUT2D eigenvalue weighted by Gasteiger charge is 2.31. The van der Waals surface area contributed by atoms with E-state index in [9.17, 15) is 9.59 Å². The second kappa shape index (κ2) is 4.64. The standard InChI is InChI=1S/C9H13NO4/c1-2-4-7(8(11)12)10-5-3-6-14-9(10)13/h2,7H,1,3-6H2,(H,11,12). The van der Waals surface area contributed by atoms with Gasteiger partial charge in [0.2, 0.25) is 0 Å². The number of rotatable bonds is 4. The minimum Gasteiger partial charge on any atom is -0.480 e. The summed E-state index contributed by atoms with van der Waals surface area (Å²) in [5, 5.41) is 8.88. The zero-order valence-electron chi connectivity index (χ0n) is 7.81. The van der Waals surface area contributed by atoms with E-state index in [0.29, 0.717) is 19.6 Å². The van der Waals surface area contributed by atoms with E-state index in [-0.39, 0.29) is 6.42 Å². The van der Waals surface area contributed by atoms with Gasteiger partial charge in [-0.1, -0.05) is 6.08 Å². The van der Waals surface area contributed by atoms with Crippen molar-refractivity contribution in [2.75, 3.05) is 13.2 Å². The molecule has 1 aliphatic heterocycles. The van der Waals surface area contributed by atoms with Crippen molar-refractivity contribution in [3.8, 4) is 0 Å². The molecule has 0 aromatic carbocycles. The van der Waals surface area contributed by atoms with E-state index in [1.807, 2.05) is 0 Å². The van der Waals surface area contributed by atoms with E-state index in [4.69, 9.17) is 9.84 Å². The number of nitrogens with zero attached hydrogens (tertiary/aromatic N) is 1. The summed E-state index contributed by atoms with van der Waals surface area (Å²) in [4.78, 5) is 23.3. The third kappa shape index (κ3) is 2.25. The zero-order chi connectivity index (χ0) is 10.6. The highest BCUT2D eigenvalue weighted by atomic mass is 16.6. The monoisotopic (exact) mass is 199 g/mol. The number of carbonyl (C=O) groups excluding carboxylic acids is 1. The number of amides is 1. The first-order valence-electron chi connectivity index (χ1n) is 4.44. The van der Waals surface area contributed by atoms with Gasteiger partial charge in [-0.15, -0.1) is 6.58 Å². The Morgan fingerprint density at radius 2 is 2.50 bits per heavy atom. The Morgan fingerprint density at radius 3 is 3.00 bits per heavy atom. The highest BCUT2D eigenvalue weighted by molar-refractivity contribution is 5.80. The summed E-state index contributed by atoms with van der Waals surface area (Å²) >= 11 is 0. The van der Waals surface area contributed by atoms with Crippen molar-refractivity contribution in [3.05, 3.63) is 12.7 Å². The zero-order valence-corrected chi connectivity index (χ0v) is 7.81. The predicted octanol–water partition coefficient (Wildman–Crippen LogP) is 0.858. The third-order valence-corrected chi connectivity index (χ3v) is 2.05. The molecule has 0 spiro atoms. The largest absolute Gasteiger partial charge is 0.480 e. The van der Waals surface area contributed by atoms with E-state index >= 15 is 0 Å². The fourth-order valence-electron chi connectivity index (χ4n) is 1.37. The van der Waals surface area contributed by atoms with Gasteiger partial charge < -0.3 is 9.84 Å². The molecule has 0 aromatic rings. The number of carboxylic acid groups (broad SMARTS) is 1. The molecule has 1 saturated heterocycles. The van der Waals surface area contributed by atoms with Crippen LogP contribution in [0.25, 0.3) is 0 Å². The molecule has 1 heterocycles. The number of hydrogen-bond donors (Lipinski definition) is 1. The van der Waals surface area contributed by atoms with Crippen LogP contribution in [0, 0.1) is 0 Å². The highest BCUT2D eigenvalue weighted by Crippen LogP contribution is 2.12. The van der Waals surface area contributed by atoms with Crippen molar-refractivity contribution in [2.45, 2.75) is 18.9 Å². The Kier molecular flexibility index (Phi) is 3.50. The SMILES string of the molecule is C=CCC(C(=O)O)N1CCCOC1=O. The molecule has 5 nitrogen and oxygen atoms in total. The van der Waals surface area contributed by atoms with Crippen LogP contribution in [-0.4, -0.2) is 41.3 Å². The van der Waals surface area contributed by atoms with Crippen LogP contribution >= 0.6 is 0 Å². The summed E-state index contributed by atoms with van der Waals surface area (Å²) in [6, 6.07) is -0.847. The third-order valence-electron chi connectivity index (χ3n) is 2.05. The van der Waals surface area contributed by atoms with Gasteiger partial charge in [0.1, 0.15) is 6.04 Å². The number of carbonyl (C=O) groups is 2. The number of hydrogen-bond acceptors (Lipinski definition) is 3. The number of cyclic esters (lactones) is 1. The smallest absolute Gasteiger partial charge is 0.410 e. The molecule has 78 valence electrons. The first-order chi connectivity index (χ1) is 6.66. The molecule has 5 heteroatoms. The number of aliphatic carboxylic acids is 1. The normalized spacial score (nSPS) is 18.6. The molecule has 1 atom stereocenters. The van der Waals surface area contributed by atoms with Gasteiger partial charge in [-0.3, -0.25) is 4.90 Å². The lowest BCUT2D eigenvalue weighted by Gasteiger charge is -2.30. The van der Waals surface area contributed by atoms with Gasteiger partial charge in [-0.05, 0) is 12.8 Å². The molecular formula is C9H13NO4. The van der Waals surface area contributed by atoms with Gasteiger partial charge in [0.05, 0.1) is 6.61 Å². The molecule has 1 amide bonds. The Labute approximate surface area is 82.0 Å². The predicted molar refractivity (Wildman–Crippen MR) is 48.9 cm³/mol. The first-order valence-corrected chi connectivity index (χ1v) is 4.44. The second-order valence-corrected chi connectivity index (χ2v) is 3.04. The lowest BCUT2D eigenvalue weighted by Crippen LogP contribution is -2.48. The van der Waals surface area contributed by atoms with Crippen molar-refractivity contribution < 1.29 is 19.4 Å². The summed E-state index contributed by atoms with van der Waals surface area (Å²) in [6.07, 6.45) is 1.85. The van der Waals surface area contributed by atoms with Crippen molar-refractivity contribution >= 4 is 12.1 Å². The Bertz CT molecular complexity index is 251. The molecule has 14 heavy (non-hydrogen) atoms. The minimum absolute atomic E-state index is 0.241. The maximum atomic E-state index is 11.2. The van der Waals surface area contributed by atoms with Crippen molar-refractivity contribution in [1.29, 1.82) is 0 Å². The van der Waals surface area contributed by atoms with Crippen LogP contribution in [0.4, 0.5) is 4.79 Å². The molecule has 1 N–H and O–H groups in total. The molecule has 0 bridgehead atoms. The molecule has 0 aliphatic carbocycles. The average Bonchev–Trinajstić information content (AvgIpc) is 2.15. The number of ether oxygens (including phenoxy) is 1. The molecule has 1 aliphatic rings. The number of carboxylic acids is 1. The molecule has 1 fully saturated rings. The molecule has 0 aromatic heterocycles. The minimum atomic E-state index is -1.02. The summed E-state index contributed by atoms with van der Waals surface area (Å²) in [7, 11) is 0. The molecular weight excluding hydrogens is 186 g/mol. The Balaban J connectivity index is 2.69. The quantitative estimate of drug-likeness (QED) is 0.682. The van der Waals surface area contributed by atoms with Gasteiger partial charge in [-0.2, -0.15) is 0 Å². The first kappa shape index (κ1) is 10.6.